The minimum absolute atomic E-state index is 0.0805. The fraction of sp³-hybridized carbons (Fsp3) is 0.480. The first-order valence-corrected chi connectivity index (χ1v) is 12.8. The average Bonchev–Trinajstić information content (AvgIpc) is 2.79. The van der Waals surface area contributed by atoms with Crippen molar-refractivity contribution in [3.05, 3.63) is 71.8 Å². The highest BCUT2D eigenvalue weighted by Gasteiger charge is 2.34. The van der Waals surface area contributed by atoms with Gasteiger partial charge in [-0.3, -0.25) is 4.90 Å². The minimum Gasteiger partial charge on any atom is -0.465 e. The monoisotopic (exact) mass is 491 g/mol. The van der Waals surface area contributed by atoms with Crippen LogP contribution in [-0.2, 0) is 23.2 Å². The number of amides is 1. The van der Waals surface area contributed by atoms with Crippen LogP contribution in [0.25, 0.3) is 0 Å². The van der Waals surface area contributed by atoms with Crippen molar-refractivity contribution in [1.29, 1.82) is 0 Å². The summed E-state index contributed by atoms with van der Waals surface area (Å²) in [6.07, 6.45) is -1.54. The molecule has 0 heterocycles. The Morgan fingerprint density at radius 1 is 0.941 bits per heavy atom. The third-order valence-electron chi connectivity index (χ3n) is 5.71. The molecule has 2 aromatic rings. The largest absolute Gasteiger partial charge is 0.465 e. The molecule has 0 fully saturated rings. The number of nitrogens with zero attached hydrogens (tertiary/aromatic N) is 3. The Balaban J connectivity index is 2.39. The molecule has 0 spiro atoms. The molecule has 0 bridgehead atoms. The van der Waals surface area contributed by atoms with E-state index in [1.54, 1.807) is 0 Å². The molecule has 0 aliphatic carbocycles. The zero-order valence-corrected chi connectivity index (χ0v) is 21.2. The number of carboxylic acid groups (broad SMARTS) is 1. The number of aliphatic hydroxyl groups is 1. The summed E-state index contributed by atoms with van der Waals surface area (Å²) in [5, 5.41) is 21.4. The van der Waals surface area contributed by atoms with Gasteiger partial charge in [-0.05, 0) is 29.9 Å². The summed E-state index contributed by atoms with van der Waals surface area (Å²) in [6, 6.07) is 17.6. The normalized spacial score (nSPS) is 13.9. The average molecular weight is 492 g/mol. The summed E-state index contributed by atoms with van der Waals surface area (Å²) in [5.41, 5.74) is 1.64. The fourth-order valence-corrected chi connectivity index (χ4v) is 4.82. The van der Waals surface area contributed by atoms with E-state index in [-0.39, 0.29) is 32.0 Å². The molecule has 2 N–H and O–H groups in total. The van der Waals surface area contributed by atoms with E-state index in [4.69, 9.17) is 0 Å². The lowest BCUT2D eigenvalue weighted by Crippen LogP contribution is -2.53. The van der Waals surface area contributed by atoms with Crippen LogP contribution in [0.4, 0.5) is 4.79 Å². The number of aliphatic hydroxyl groups excluding tert-OH is 1. The van der Waals surface area contributed by atoms with Gasteiger partial charge in [0.2, 0.25) is 0 Å². The molecule has 1 amide bonds. The second-order valence-electron chi connectivity index (χ2n) is 9.05. The molecule has 2 atom stereocenters. The van der Waals surface area contributed by atoms with E-state index in [1.807, 2.05) is 74.5 Å². The Morgan fingerprint density at radius 3 is 1.94 bits per heavy atom. The molecule has 0 radical (unpaired) electrons. The van der Waals surface area contributed by atoms with Gasteiger partial charge in [-0.2, -0.15) is 17.0 Å². The lowest BCUT2D eigenvalue weighted by Gasteiger charge is -2.36. The molecule has 0 saturated carbocycles. The molecule has 9 heteroatoms. The van der Waals surface area contributed by atoms with Gasteiger partial charge in [0.15, 0.2) is 0 Å². The number of benzene rings is 2. The van der Waals surface area contributed by atoms with Crippen molar-refractivity contribution in [2.24, 2.45) is 5.92 Å². The maximum absolute atomic E-state index is 13.0. The van der Waals surface area contributed by atoms with Gasteiger partial charge in [-0.1, -0.05) is 74.5 Å². The van der Waals surface area contributed by atoms with Crippen molar-refractivity contribution in [3.63, 3.8) is 0 Å². The quantitative estimate of drug-likeness (QED) is 0.448. The smallest absolute Gasteiger partial charge is 0.407 e. The third kappa shape index (κ3) is 8.09. The molecule has 8 nitrogen and oxygen atoms in total. The standard InChI is InChI=1S/C25H37N3O5S/c1-20(2)15-16-27(34(32,33)26(3)4)19-24(29)23(17-21-11-7-5-8-12-21)28(25(30)31)18-22-13-9-6-10-14-22/h5-14,20,23-24,29H,15-19H2,1-4H3,(H,30,31)/t23-,24+/m0/s1. The molecular formula is C25H37N3O5S. The number of rotatable bonds is 13. The van der Waals surface area contributed by atoms with Crippen molar-refractivity contribution in [3.8, 4) is 0 Å². The predicted octanol–water partition coefficient (Wildman–Crippen LogP) is 3.29. The van der Waals surface area contributed by atoms with E-state index >= 15 is 0 Å². The maximum atomic E-state index is 13.0. The van der Waals surface area contributed by atoms with Gasteiger partial charge in [0.05, 0.1) is 12.1 Å². The van der Waals surface area contributed by atoms with Crippen LogP contribution in [0, 0.1) is 5.92 Å². The number of hydrogen-bond donors (Lipinski definition) is 2. The van der Waals surface area contributed by atoms with Crippen LogP contribution in [0.15, 0.2) is 60.7 Å². The molecule has 0 unspecified atom stereocenters. The highest BCUT2D eigenvalue weighted by atomic mass is 32.2. The molecule has 2 rings (SSSR count). The molecule has 0 aliphatic rings. The first-order valence-electron chi connectivity index (χ1n) is 11.5. The number of carbonyl (C=O) groups is 1. The minimum atomic E-state index is -3.80. The van der Waals surface area contributed by atoms with E-state index in [9.17, 15) is 23.4 Å². The van der Waals surface area contributed by atoms with Crippen LogP contribution in [0.1, 0.15) is 31.4 Å². The van der Waals surface area contributed by atoms with Crippen LogP contribution in [0.3, 0.4) is 0 Å². The lowest BCUT2D eigenvalue weighted by atomic mass is 9.99. The summed E-state index contributed by atoms with van der Waals surface area (Å²) < 4.78 is 28.3. The predicted molar refractivity (Wildman–Crippen MR) is 134 cm³/mol. The van der Waals surface area contributed by atoms with Crippen molar-refractivity contribution < 1.29 is 23.4 Å². The summed E-state index contributed by atoms with van der Waals surface area (Å²) >= 11 is 0. The van der Waals surface area contributed by atoms with E-state index in [0.29, 0.717) is 6.42 Å². The van der Waals surface area contributed by atoms with Gasteiger partial charge < -0.3 is 10.2 Å². The van der Waals surface area contributed by atoms with E-state index in [0.717, 1.165) is 15.4 Å². The zero-order valence-electron chi connectivity index (χ0n) is 20.4. The van der Waals surface area contributed by atoms with E-state index in [1.165, 1.54) is 23.3 Å². The second-order valence-corrected chi connectivity index (χ2v) is 11.2. The van der Waals surface area contributed by atoms with E-state index in [2.05, 4.69) is 0 Å². The molecule has 0 aromatic heterocycles. The van der Waals surface area contributed by atoms with Crippen LogP contribution in [0.5, 0.6) is 0 Å². The van der Waals surface area contributed by atoms with Gasteiger partial charge in [0.25, 0.3) is 10.2 Å². The van der Waals surface area contributed by atoms with Crippen molar-refractivity contribution in [2.45, 2.75) is 45.4 Å². The summed E-state index contributed by atoms with van der Waals surface area (Å²) in [6.45, 7) is 4.11. The zero-order chi connectivity index (χ0) is 25.3. The van der Waals surface area contributed by atoms with Gasteiger partial charge in [-0.15, -0.1) is 0 Å². The fourth-order valence-electron chi connectivity index (χ4n) is 3.68. The molecule has 2 aromatic carbocycles. The summed E-state index contributed by atoms with van der Waals surface area (Å²) in [5.74, 6) is 0.269. The first kappa shape index (κ1) is 27.8. The molecule has 0 aliphatic heterocycles. The highest BCUT2D eigenvalue weighted by molar-refractivity contribution is 7.86. The third-order valence-corrected chi connectivity index (χ3v) is 7.61. The van der Waals surface area contributed by atoms with Gasteiger partial charge in [0, 0.05) is 33.7 Å². The van der Waals surface area contributed by atoms with Crippen molar-refractivity contribution in [2.75, 3.05) is 27.2 Å². The SMILES string of the molecule is CC(C)CCN(C[C@@H](O)[C@H](Cc1ccccc1)N(Cc1ccccc1)C(=O)O)S(=O)(=O)N(C)C. The van der Waals surface area contributed by atoms with Crippen LogP contribution in [-0.4, -0.2) is 77.6 Å². The summed E-state index contributed by atoms with van der Waals surface area (Å²) in [7, 11) is -0.902. The van der Waals surface area contributed by atoms with Crippen molar-refractivity contribution in [1.82, 2.24) is 13.5 Å². The molecule has 188 valence electrons. The Kier molecular flexibility index (Phi) is 10.5. The Bertz CT molecular complexity index is 984. The van der Waals surface area contributed by atoms with Crippen LogP contribution in [0.2, 0.25) is 0 Å². The lowest BCUT2D eigenvalue weighted by molar-refractivity contribution is 0.0338. The molecular weight excluding hydrogens is 454 g/mol. The van der Waals surface area contributed by atoms with Gasteiger partial charge in [0.1, 0.15) is 0 Å². The Morgan fingerprint density at radius 2 is 1.47 bits per heavy atom. The Labute approximate surface area is 203 Å². The highest BCUT2D eigenvalue weighted by Crippen LogP contribution is 2.20. The van der Waals surface area contributed by atoms with E-state index < -0.39 is 28.4 Å². The number of hydrogen-bond acceptors (Lipinski definition) is 4. The van der Waals surface area contributed by atoms with Gasteiger partial charge >= 0.3 is 6.09 Å². The van der Waals surface area contributed by atoms with Crippen LogP contribution >= 0.6 is 0 Å². The van der Waals surface area contributed by atoms with Gasteiger partial charge in [-0.25, -0.2) is 4.79 Å². The first-order chi connectivity index (χ1) is 16.0. The summed E-state index contributed by atoms with van der Waals surface area (Å²) in [4.78, 5) is 13.5. The molecule has 0 saturated heterocycles. The maximum Gasteiger partial charge on any atom is 0.407 e. The topological polar surface area (TPSA) is 101 Å². The second kappa shape index (κ2) is 12.9. The van der Waals surface area contributed by atoms with Crippen molar-refractivity contribution >= 4 is 16.3 Å². The molecule has 34 heavy (non-hydrogen) atoms. The Hall–Kier alpha value is -2.46. The van der Waals surface area contributed by atoms with Crippen LogP contribution < -0.4 is 0 Å².